The van der Waals surface area contributed by atoms with Crippen molar-refractivity contribution >= 4 is 18.0 Å². The third-order valence-electron chi connectivity index (χ3n) is 3.16. The fourth-order valence-electron chi connectivity index (χ4n) is 2.01. The SMILES string of the molecule is CC(C)(C)CCCC(=O)O.O=C(O)/C=C/c1ccc2c(c1)OC(F)(F)O2. The van der Waals surface area contributed by atoms with Crippen molar-refractivity contribution in [3.05, 3.63) is 29.8 Å². The summed E-state index contributed by atoms with van der Waals surface area (Å²) in [4.78, 5) is 20.3. The molecule has 0 aromatic heterocycles. The van der Waals surface area contributed by atoms with E-state index in [1.807, 2.05) is 0 Å². The number of halogens is 2. The van der Waals surface area contributed by atoms with Gasteiger partial charge < -0.3 is 19.7 Å². The molecule has 0 amide bonds. The molecule has 2 N–H and O–H groups in total. The molecule has 0 aliphatic carbocycles. The van der Waals surface area contributed by atoms with Gasteiger partial charge >= 0.3 is 18.2 Å². The minimum absolute atomic E-state index is 0.0718. The van der Waals surface area contributed by atoms with Gasteiger partial charge in [-0.1, -0.05) is 26.8 Å². The number of hydrogen-bond donors (Lipinski definition) is 2. The zero-order valence-corrected chi connectivity index (χ0v) is 14.8. The Kier molecular flexibility index (Phi) is 7.11. The number of hydrogen-bond acceptors (Lipinski definition) is 4. The van der Waals surface area contributed by atoms with E-state index in [1.54, 1.807) is 0 Å². The lowest BCUT2D eigenvalue weighted by Crippen LogP contribution is -2.25. The van der Waals surface area contributed by atoms with Gasteiger partial charge in [-0.2, -0.15) is 0 Å². The molecule has 0 fully saturated rings. The molecule has 26 heavy (non-hydrogen) atoms. The van der Waals surface area contributed by atoms with E-state index < -0.39 is 18.2 Å². The van der Waals surface area contributed by atoms with Gasteiger partial charge in [0.1, 0.15) is 0 Å². The van der Waals surface area contributed by atoms with Crippen molar-refractivity contribution in [2.45, 2.75) is 46.3 Å². The topological polar surface area (TPSA) is 93.1 Å². The standard InChI is InChI=1S/C10H6F2O4.C8H16O2/c11-10(12)15-7-3-1-6(2-4-9(13)14)5-8(7)16-10;1-8(2,3)6-4-5-7(9)10/h1-5H,(H,13,14);4-6H2,1-3H3,(H,9,10)/b4-2+;. The highest BCUT2D eigenvalue weighted by atomic mass is 19.3. The first kappa shape index (κ1) is 21.4. The van der Waals surface area contributed by atoms with Gasteiger partial charge in [0.05, 0.1) is 0 Å². The average molecular weight is 372 g/mol. The fourth-order valence-corrected chi connectivity index (χ4v) is 2.01. The number of carbonyl (C=O) groups is 2. The lowest BCUT2D eigenvalue weighted by atomic mass is 9.90. The van der Waals surface area contributed by atoms with Crippen LogP contribution in [-0.2, 0) is 9.59 Å². The summed E-state index contributed by atoms with van der Waals surface area (Å²) in [7, 11) is 0. The first-order valence-electron chi connectivity index (χ1n) is 7.91. The number of benzene rings is 1. The van der Waals surface area contributed by atoms with Gasteiger partial charge in [0.25, 0.3) is 0 Å². The maximum absolute atomic E-state index is 12.6. The van der Waals surface area contributed by atoms with E-state index in [9.17, 15) is 18.4 Å². The highest BCUT2D eigenvalue weighted by molar-refractivity contribution is 5.85. The molecule has 0 radical (unpaired) electrons. The van der Waals surface area contributed by atoms with E-state index in [2.05, 4.69) is 30.2 Å². The van der Waals surface area contributed by atoms with Crippen molar-refractivity contribution in [2.75, 3.05) is 0 Å². The predicted molar refractivity (Wildman–Crippen MR) is 90.3 cm³/mol. The van der Waals surface area contributed by atoms with Gasteiger partial charge in [-0.05, 0) is 42.0 Å². The van der Waals surface area contributed by atoms with Crippen molar-refractivity contribution in [1.29, 1.82) is 0 Å². The number of aliphatic carboxylic acids is 2. The zero-order valence-electron chi connectivity index (χ0n) is 14.8. The van der Waals surface area contributed by atoms with Gasteiger partial charge in [-0.25, -0.2) is 4.79 Å². The molecule has 8 heteroatoms. The van der Waals surface area contributed by atoms with Gasteiger partial charge in [0.2, 0.25) is 0 Å². The summed E-state index contributed by atoms with van der Waals surface area (Å²) in [6, 6.07) is 4.01. The van der Waals surface area contributed by atoms with Crippen LogP contribution in [0, 0.1) is 5.41 Å². The van der Waals surface area contributed by atoms with Crippen LogP contribution in [0.2, 0.25) is 0 Å². The van der Waals surface area contributed by atoms with Crippen LogP contribution in [0.25, 0.3) is 6.08 Å². The predicted octanol–water partition coefficient (Wildman–Crippen LogP) is 4.39. The summed E-state index contributed by atoms with van der Waals surface area (Å²) in [5.41, 5.74) is 0.706. The first-order valence-corrected chi connectivity index (χ1v) is 7.91. The molecule has 0 saturated carbocycles. The summed E-state index contributed by atoms with van der Waals surface area (Å²) < 4.78 is 33.6. The lowest BCUT2D eigenvalue weighted by molar-refractivity contribution is -0.286. The average Bonchev–Trinajstić information content (AvgIpc) is 2.76. The Hall–Kier alpha value is -2.64. The summed E-state index contributed by atoms with van der Waals surface area (Å²) in [5.74, 6) is -2.00. The first-order chi connectivity index (χ1) is 11.9. The molecule has 0 spiro atoms. The fraction of sp³-hybridized carbons (Fsp3) is 0.444. The number of fused-ring (bicyclic) bond motifs is 1. The maximum atomic E-state index is 12.6. The molecule has 0 bridgehead atoms. The molecule has 144 valence electrons. The number of carboxylic acid groups (broad SMARTS) is 2. The normalized spacial score (nSPS) is 14.7. The quantitative estimate of drug-likeness (QED) is 0.745. The van der Waals surface area contributed by atoms with Gasteiger partial charge in [0, 0.05) is 12.5 Å². The second-order valence-corrected chi connectivity index (χ2v) is 6.85. The summed E-state index contributed by atoms with van der Waals surface area (Å²) >= 11 is 0. The number of alkyl halides is 2. The minimum atomic E-state index is -3.66. The van der Waals surface area contributed by atoms with Gasteiger partial charge in [0.15, 0.2) is 11.5 Å². The second-order valence-electron chi connectivity index (χ2n) is 6.85. The van der Waals surface area contributed by atoms with Crippen LogP contribution in [0.15, 0.2) is 24.3 Å². The molecule has 1 aliphatic rings. The van der Waals surface area contributed by atoms with E-state index in [4.69, 9.17) is 10.2 Å². The molecule has 0 saturated heterocycles. The van der Waals surface area contributed by atoms with Crippen molar-refractivity contribution in [1.82, 2.24) is 0 Å². The van der Waals surface area contributed by atoms with Gasteiger partial charge in [-0.15, -0.1) is 8.78 Å². The lowest BCUT2D eigenvalue weighted by Gasteiger charge is -2.16. The Balaban J connectivity index is 0.000000294. The molecule has 1 aromatic carbocycles. The molecule has 1 aliphatic heterocycles. The van der Waals surface area contributed by atoms with Crippen LogP contribution >= 0.6 is 0 Å². The largest absolute Gasteiger partial charge is 0.586 e. The Morgan fingerprint density at radius 1 is 1.15 bits per heavy atom. The van der Waals surface area contributed by atoms with Crippen LogP contribution in [-0.4, -0.2) is 28.4 Å². The van der Waals surface area contributed by atoms with Crippen LogP contribution in [0.1, 0.15) is 45.6 Å². The van der Waals surface area contributed by atoms with E-state index in [1.165, 1.54) is 24.3 Å². The smallest absolute Gasteiger partial charge is 0.481 e. The third-order valence-corrected chi connectivity index (χ3v) is 3.16. The maximum Gasteiger partial charge on any atom is 0.586 e. The third kappa shape index (κ3) is 8.46. The summed E-state index contributed by atoms with van der Waals surface area (Å²) in [6.45, 7) is 6.36. The van der Waals surface area contributed by atoms with E-state index in [0.717, 1.165) is 18.9 Å². The molecular weight excluding hydrogens is 350 g/mol. The van der Waals surface area contributed by atoms with Crippen molar-refractivity contribution in [3.8, 4) is 11.5 Å². The number of rotatable bonds is 5. The minimum Gasteiger partial charge on any atom is -0.481 e. The zero-order chi connectivity index (χ0) is 20.0. The highest BCUT2D eigenvalue weighted by Gasteiger charge is 2.43. The Morgan fingerprint density at radius 2 is 1.77 bits per heavy atom. The van der Waals surface area contributed by atoms with Crippen LogP contribution in [0.5, 0.6) is 11.5 Å². The summed E-state index contributed by atoms with van der Waals surface area (Å²) in [6.07, 6.45) is 0.588. The monoisotopic (exact) mass is 372 g/mol. The van der Waals surface area contributed by atoms with Crippen molar-refractivity contribution in [2.24, 2.45) is 5.41 Å². The second kappa shape index (κ2) is 8.64. The molecule has 1 aromatic rings. The molecule has 0 atom stereocenters. The van der Waals surface area contributed by atoms with Crippen molar-refractivity contribution in [3.63, 3.8) is 0 Å². The molecule has 6 nitrogen and oxygen atoms in total. The van der Waals surface area contributed by atoms with E-state index >= 15 is 0 Å². The van der Waals surface area contributed by atoms with E-state index in [0.29, 0.717) is 12.0 Å². The number of ether oxygens (including phenoxy) is 2. The Labute approximate surface area is 150 Å². The highest BCUT2D eigenvalue weighted by Crippen LogP contribution is 2.41. The van der Waals surface area contributed by atoms with Crippen LogP contribution in [0.3, 0.4) is 0 Å². The van der Waals surface area contributed by atoms with Crippen molar-refractivity contribution < 1.29 is 38.1 Å². The molecule has 0 unspecified atom stereocenters. The summed E-state index contributed by atoms with van der Waals surface area (Å²) in [5, 5.41) is 16.7. The molecule has 2 rings (SSSR count). The molecular formula is C18H22F2O6. The van der Waals surface area contributed by atoms with E-state index in [-0.39, 0.29) is 16.9 Å². The Morgan fingerprint density at radius 3 is 2.31 bits per heavy atom. The Bertz CT molecular complexity index is 677. The van der Waals surface area contributed by atoms with Gasteiger partial charge in [-0.3, -0.25) is 4.79 Å². The number of carboxylic acids is 2. The molecule has 1 heterocycles. The van der Waals surface area contributed by atoms with Crippen LogP contribution in [0.4, 0.5) is 8.78 Å². The van der Waals surface area contributed by atoms with Crippen LogP contribution < -0.4 is 9.47 Å².